The zero-order chi connectivity index (χ0) is 12.9. The fourth-order valence-electron chi connectivity index (χ4n) is 3.41. The van der Waals surface area contributed by atoms with E-state index in [0.717, 1.165) is 5.92 Å². The smallest absolute Gasteiger partial charge is 0.0308 e. The largest absolute Gasteiger partial charge is 0.315 e. The Balaban J connectivity index is 2.74. The van der Waals surface area contributed by atoms with Crippen molar-refractivity contribution in [3.63, 3.8) is 0 Å². The molecule has 0 aromatic heterocycles. The summed E-state index contributed by atoms with van der Waals surface area (Å²) in [5.41, 5.74) is 0.272. The van der Waals surface area contributed by atoms with Gasteiger partial charge < -0.3 is 5.32 Å². The van der Waals surface area contributed by atoms with Gasteiger partial charge in [-0.05, 0) is 52.7 Å². The van der Waals surface area contributed by atoms with Crippen LogP contribution in [0.5, 0.6) is 0 Å². The maximum Gasteiger partial charge on any atom is 0.0308 e. The van der Waals surface area contributed by atoms with Crippen LogP contribution >= 0.6 is 0 Å². The molecule has 102 valence electrons. The maximum atomic E-state index is 3.57. The molecule has 2 heteroatoms. The summed E-state index contributed by atoms with van der Waals surface area (Å²) in [6.45, 7) is 12.1. The van der Waals surface area contributed by atoms with Crippen LogP contribution in [0.15, 0.2) is 0 Å². The third kappa shape index (κ3) is 3.69. The highest BCUT2D eigenvalue weighted by Crippen LogP contribution is 2.28. The molecular formula is C15H32N2. The van der Waals surface area contributed by atoms with E-state index in [1.165, 1.54) is 45.2 Å². The van der Waals surface area contributed by atoms with Crippen LogP contribution in [0.1, 0.15) is 59.8 Å². The highest BCUT2D eigenvalue weighted by atomic mass is 15.2. The molecule has 2 nitrogen and oxygen atoms in total. The van der Waals surface area contributed by atoms with Crippen LogP contribution in [0.4, 0.5) is 0 Å². The van der Waals surface area contributed by atoms with Gasteiger partial charge in [0.25, 0.3) is 0 Å². The minimum Gasteiger partial charge on any atom is -0.315 e. The van der Waals surface area contributed by atoms with Crippen LogP contribution in [0.25, 0.3) is 0 Å². The standard InChI is InChI=1S/C15H32N2/c1-6-13(2)14(16-5)15(3,4)17-11-9-7-8-10-12-17/h13-14,16H,6-12H2,1-5H3. The number of rotatable bonds is 5. The van der Waals surface area contributed by atoms with Crippen LogP contribution < -0.4 is 5.32 Å². The van der Waals surface area contributed by atoms with E-state index in [1.807, 2.05) is 0 Å². The molecule has 1 saturated heterocycles. The molecule has 17 heavy (non-hydrogen) atoms. The number of hydrogen-bond acceptors (Lipinski definition) is 2. The SMILES string of the molecule is CCC(C)C(NC)C(C)(C)N1CCCCCC1. The van der Waals surface area contributed by atoms with Crippen molar-refractivity contribution in [1.82, 2.24) is 10.2 Å². The zero-order valence-corrected chi connectivity index (χ0v) is 12.6. The minimum atomic E-state index is 0.272. The van der Waals surface area contributed by atoms with Crippen LogP contribution in [0, 0.1) is 5.92 Å². The van der Waals surface area contributed by atoms with Gasteiger partial charge in [-0.3, -0.25) is 4.90 Å². The molecule has 1 heterocycles. The second-order valence-electron chi connectivity index (χ2n) is 6.21. The lowest BCUT2D eigenvalue weighted by Crippen LogP contribution is -2.59. The molecule has 0 radical (unpaired) electrons. The van der Waals surface area contributed by atoms with Crippen molar-refractivity contribution in [2.45, 2.75) is 71.4 Å². The van der Waals surface area contributed by atoms with E-state index < -0.39 is 0 Å². The van der Waals surface area contributed by atoms with Crippen LogP contribution in [0.3, 0.4) is 0 Å². The lowest BCUT2D eigenvalue weighted by atomic mass is 9.82. The third-order valence-corrected chi connectivity index (χ3v) is 4.71. The van der Waals surface area contributed by atoms with Gasteiger partial charge >= 0.3 is 0 Å². The average molecular weight is 240 g/mol. The monoisotopic (exact) mass is 240 g/mol. The predicted molar refractivity (Wildman–Crippen MR) is 76.4 cm³/mol. The zero-order valence-electron chi connectivity index (χ0n) is 12.6. The summed E-state index contributed by atoms with van der Waals surface area (Å²) in [6, 6.07) is 0.589. The summed E-state index contributed by atoms with van der Waals surface area (Å²) in [7, 11) is 2.12. The number of nitrogens with one attached hydrogen (secondary N) is 1. The normalized spacial score (nSPS) is 23.1. The Morgan fingerprint density at radius 3 is 2.06 bits per heavy atom. The predicted octanol–water partition coefficient (Wildman–Crippen LogP) is 3.28. The molecule has 0 bridgehead atoms. The highest BCUT2D eigenvalue weighted by molar-refractivity contribution is 4.95. The summed E-state index contributed by atoms with van der Waals surface area (Å²) in [6.07, 6.45) is 6.84. The summed E-state index contributed by atoms with van der Waals surface area (Å²) in [5.74, 6) is 0.734. The van der Waals surface area contributed by atoms with E-state index in [9.17, 15) is 0 Å². The Hall–Kier alpha value is -0.0800. The summed E-state index contributed by atoms with van der Waals surface area (Å²) in [4.78, 5) is 2.72. The fraction of sp³-hybridized carbons (Fsp3) is 1.00. The van der Waals surface area contributed by atoms with Gasteiger partial charge in [0.1, 0.15) is 0 Å². The quantitative estimate of drug-likeness (QED) is 0.793. The number of nitrogens with zero attached hydrogens (tertiary/aromatic N) is 1. The number of likely N-dealkylation sites (N-methyl/N-ethyl adjacent to an activating group) is 1. The Morgan fingerprint density at radius 1 is 1.12 bits per heavy atom. The van der Waals surface area contributed by atoms with Crippen LogP contribution in [-0.4, -0.2) is 36.6 Å². The van der Waals surface area contributed by atoms with E-state index >= 15 is 0 Å². The van der Waals surface area contributed by atoms with E-state index in [2.05, 4.69) is 45.0 Å². The Bertz CT molecular complexity index is 205. The van der Waals surface area contributed by atoms with Gasteiger partial charge in [-0.1, -0.05) is 33.1 Å². The molecule has 2 atom stereocenters. The van der Waals surface area contributed by atoms with Gasteiger partial charge in [0.2, 0.25) is 0 Å². The summed E-state index contributed by atoms with van der Waals surface area (Å²) in [5, 5.41) is 3.57. The van der Waals surface area contributed by atoms with Gasteiger partial charge in [0, 0.05) is 11.6 Å². The molecule has 2 unspecified atom stereocenters. The summed E-state index contributed by atoms with van der Waals surface area (Å²) >= 11 is 0. The van der Waals surface area contributed by atoms with E-state index in [0.29, 0.717) is 6.04 Å². The van der Waals surface area contributed by atoms with Gasteiger partial charge in [0.15, 0.2) is 0 Å². The number of hydrogen-bond donors (Lipinski definition) is 1. The first-order valence-electron chi connectivity index (χ1n) is 7.46. The lowest BCUT2D eigenvalue weighted by molar-refractivity contribution is 0.0643. The molecule has 0 aliphatic carbocycles. The third-order valence-electron chi connectivity index (χ3n) is 4.71. The molecule has 0 aromatic carbocycles. The second-order valence-corrected chi connectivity index (χ2v) is 6.21. The first-order chi connectivity index (χ1) is 8.04. The molecule has 0 aromatic rings. The molecule has 0 amide bonds. The number of likely N-dealkylation sites (tertiary alicyclic amines) is 1. The minimum absolute atomic E-state index is 0.272. The summed E-state index contributed by atoms with van der Waals surface area (Å²) < 4.78 is 0. The van der Waals surface area contributed by atoms with Crippen molar-refractivity contribution in [2.24, 2.45) is 5.92 Å². The molecule has 1 aliphatic heterocycles. The fourth-order valence-corrected chi connectivity index (χ4v) is 3.41. The van der Waals surface area contributed by atoms with Crippen molar-refractivity contribution in [2.75, 3.05) is 20.1 Å². The highest BCUT2D eigenvalue weighted by Gasteiger charge is 2.36. The van der Waals surface area contributed by atoms with Crippen molar-refractivity contribution in [3.8, 4) is 0 Å². The second kappa shape index (κ2) is 6.75. The molecule has 0 saturated carbocycles. The molecule has 0 spiro atoms. The van der Waals surface area contributed by atoms with E-state index in [-0.39, 0.29) is 5.54 Å². The molecular weight excluding hydrogens is 208 g/mol. The van der Waals surface area contributed by atoms with E-state index in [4.69, 9.17) is 0 Å². The van der Waals surface area contributed by atoms with Crippen LogP contribution in [0.2, 0.25) is 0 Å². The van der Waals surface area contributed by atoms with Crippen LogP contribution in [-0.2, 0) is 0 Å². The van der Waals surface area contributed by atoms with E-state index in [1.54, 1.807) is 0 Å². The van der Waals surface area contributed by atoms with Crippen molar-refractivity contribution in [1.29, 1.82) is 0 Å². The van der Waals surface area contributed by atoms with Gasteiger partial charge in [-0.15, -0.1) is 0 Å². The topological polar surface area (TPSA) is 15.3 Å². The Labute approximate surface area is 108 Å². The van der Waals surface area contributed by atoms with Gasteiger partial charge in [-0.25, -0.2) is 0 Å². The molecule has 1 fully saturated rings. The van der Waals surface area contributed by atoms with Gasteiger partial charge in [0.05, 0.1) is 0 Å². The maximum absolute atomic E-state index is 3.57. The molecule has 1 rings (SSSR count). The van der Waals surface area contributed by atoms with Crippen molar-refractivity contribution < 1.29 is 0 Å². The first kappa shape index (κ1) is 15.0. The molecule has 1 aliphatic rings. The van der Waals surface area contributed by atoms with Crippen molar-refractivity contribution in [3.05, 3.63) is 0 Å². The Morgan fingerprint density at radius 2 is 1.65 bits per heavy atom. The average Bonchev–Trinajstić information content (AvgIpc) is 2.58. The van der Waals surface area contributed by atoms with Crippen molar-refractivity contribution >= 4 is 0 Å². The first-order valence-corrected chi connectivity index (χ1v) is 7.46. The van der Waals surface area contributed by atoms with Gasteiger partial charge in [-0.2, -0.15) is 0 Å². The lowest BCUT2D eigenvalue weighted by Gasteiger charge is -2.46. The Kier molecular flexibility index (Phi) is 5.94. The molecule has 1 N–H and O–H groups in total.